The van der Waals surface area contributed by atoms with Gasteiger partial charge in [-0.1, -0.05) is 47.5 Å². The number of fused-ring (bicyclic) bond motifs is 2. The summed E-state index contributed by atoms with van der Waals surface area (Å²) in [5, 5.41) is 6.36. The number of nitrogen functional groups attached to an aromatic ring is 2. The molecule has 0 saturated carbocycles. The van der Waals surface area contributed by atoms with Gasteiger partial charge >= 0.3 is 27.4 Å². The molecular weight excluding hydrogens is 1070 g/mol. The average Bonchev–Trinajstić information content (AvgIpc) is 4.23. The Morgan fingerprint density at radius 1 is 0.618 bits per heavy atom. The molecule has 24 nitrogen and oxygen atoms in total. The molecule has 0 amide bonds. The van der Waals surface area contributed by atoms with Gasteiger partial charge in [-0.3, -0.25) is 18.6 Å². The summed E-state index contributed by atoms with van der Waals surface area (Å²) in [5.41, 5.74) is 13.8. The fraction of sp³-hybridized carbons (Fsp3) is 0.417. The second-order valence-corrected chi connectivity index (χ2v) is 22.3. The van der Waals surface area contributed by atoms with E-state index in [1.807, 2.05) is 33.4 Å². The van der Waals surface area contributed by atoms with Gasteiger partial charge in [0, 0.05) is 21.9 Å². The number of esters is 2. The van der Waals surface area contributed by atoms with Gasteiger partial charge in [0.25, 0.3) is 0 Å². The van der Waals surface area contributed by atoms with E-state index in [0.717, 1.165) is 0 Å². The second-order valence-electron chi connectivity index (χ2n) is 18.1. The Labute approximate surface area is 448 Å². The largest absolute Gasteiger partial charge is 0.479 e. The number of rotatable bonds is 22. The van der Waals surface area contributed by atoms with Gasteiger partial charge in [-0.15, -0.1) is 0 Å². The molecule has 0 fully saturated rings. The van der Waals surface area contributed by atoms with Crippen LogP contribution in [0.5, 0.6) is 23.3 Å². The lowest BCUT2D eigenvalue weighted by Gasteiger charge is -2.24. The fourth-order valence-corrected chi connectivity index (χ4v) is 11.2. The maximum atomic E-state index is 13.7. The van der Waals surface area contributed by atoms with Gasteiger partial charge in [-0.2, -0.15) is 30.1 Å². The normalized spacial score (nSPS) is 19.4. The van der Waals surface area contributed by atoms with Crippen LogP contribution < -0.4 is 40.2 Å². The van der Waals surface area contributed by atoms with E-state index in [2.05, 4.69) is 40.1 Å². The zero-order chi connectivity index (χ0) is 54.9. The predicted octanol–water partition coefficient (Wildman–Crippen LogP) is 8.64. The van der Waals surface area contributed by atoms with Crippen LogP contribution in [-0.4, -0.2) is 103 Å². The summed E-state index contributed by atoms with van der Waals surface area (Å²) in [4.78, 5) is 50.2. The van der Waals surface area contributed by atoms with E-state index in [0.29, 0.717) is 57.0 Å². The van der Waals surface area contributed by atoms with Gasteiger partial charge in [0.05, 0.1) is 64.4 Å². The van der Waals surface area contributed by atoms with Crippen LogP contribution >= 0.6 is 38.7 Å². The van der Waals surface area contributed by atoms with Crippen molar-refractivity contribution in [3.8, 4) is 23.3 Å². The molecule has 0 aliphatic heterocycles. The number of ether oxygens (including phenoxy) is 4. The van der Waals surface area contributed by atoms with Crippen LogP contribution in [0.15, 0.2) is 85.5 Å². The Kier molecular flexibility index (Phi) is 19.0. The lowest BCUT2D eigenvalue weighted by Crippen LogP contribution is -2.36. The number of allylic oxidation sites excluding steroid dienone is 2. The summed E-state index contributed by atoms with van der Waals surface area (Å²) in [6.45, 7) is 10.1. The van der Waals surface area contributed by atoms with Crippen LogP contribution in [0.25, 0.3) is 22.3 Å². The van der Waals surface area contributed by atoms with Gasteiger partial charge in [-0.05, 0) is 103 Å². The molecular formula is C48H60Cl2N12O12P2. The SMILES string of the molecule is COc1nc(N)nc2c1ncn2[C@H]1C=C[C@@H](COP(=O)(N[C@@H](C)C(=O)OC(C)C)Oc2ccc(Cl)cc2)C1.COc1nc(N)nc2c1ncn2[C@H]1C=C[C@@H](COP(=O)(N[C@@H](C)C(=O)OC(C)C)Oc2ccc(Cl)cc2)C1. The van der Waals surface area contributed by atoms with Crippen molar-refractivity contribution in [3.05, 3.63) is 95.5 Å². The highest BCUT2D eigenvalue weighted by Crippen LogP contribution is 2.48. The minimum Gasteiger partial charge on any atom is -0.479 e. The van der Waals surface area contributed by atoms with E-state index >= 15 is 0 Å². The van der Waals surface area contributed by atoms with Gasteiger partial charge in [-0.25, -0.2) is 19.1 Å². The maximum absolute atomic E-state index is 13.7. The van der Waals surface area contributed by atoms with Gasteiger partial charge in [0.1, 0.15) is 23.6 Å². The average molecular weight is 1130 g/mol. The Morgan fingerprint density at radius 3 is 1.33 bits per heavy atom. The highest BCUT2D eigenvalue weighted by atomic mass is 35.5. The van der Waals surface area contributed by atoms with Crippen LogP contribution in [0.2, 0.25) is 10.0 Å². The molecule has 6 aromatic rings. The monoisotopic (exact) mass is 1130 g/mol. The molecule has 0 bridgehead atoms. The highest BCUT2D eigenvalue weighted by molar-refractivity contribution is 7.52. The number of carbonyl (C=O) groups is 2. The summed E-state index contributed by atoms with van der Waals surface area (Å²) in [7, 11) is -5.02. The molecule has 408 valence electrons. The van der Waals surface area contributed by atoms with Crippen LogP contribution in [0, 0.1) is 11.8 Å². The zero-order valence-electron chi connectivity index (χ0n) is 42.8. The standard InChI is InChI=1S/2C24H30ClN6O6P/c2*1-14(2)36-23(32)15(3)30-38(33,37-19-9-6-17(25)7-10-19)35-12-16-5-8-18(11-16)31-13-27-20-21(31)28-24(26)29-22(20)34-4/h2*5-10,13-16,18H,11-12H2,1-4H3,(H,30,33)(H2,26,28,29)/t2*15-,16+,18-,38?/m00/s1. The molecule has 6 N–H and O–H groups in total. The van der Waals surface area contributed by atoms with Crippen LogP contribution in [0.1, 0.15) is 66.5 Å². The van der Waals surface area contributed by atoms with Gasteiger partial charge < -0.3 is 48.6 Å². The van der Waals surface area contributed by atoms with Gasteiger partial charge in [0.2, 0.25) is 23.7 Å². The van der Waals surface area contributed by atoms with E-state index in [-0.39, 0.29) is 72.7 Å². The molecule has 8 rings (SSSR count). The van der Waals surface area contributed by atoms with Crippen molar-refractivity contribution in [1.82, 2.24) is 49.2 Å². The van der Waals surface area contributed by atoms with Crippen LogP contribution in [0.4, 0.5) is 11.9 Å². The first-order valence-electron chi connectivity index (χ1n) is 23.9. The molecule has 4 heterocycles. The van der Waals surface area contributed by atoms with Crippen molar-refractivity contribution in [3.63, 3.8) is 0 Å². The molecule has 2 unspecified atom stereocenters. The third-order valence-corrected chi connectivity index (χ3v) is 15.1. The Morgan fingerprint density at radius 2 is 0.987 bits per heavy atom. The first kappa shape index (κ1) is 57.3. The Hall–Kier alpha value is -6.36. The number of hydrogen-bond donors (Lipinski definition) is 4. The first-order chi connectivity index (χ1) is 36.1. The van der Waals surface area contributed by atoms with Crippen LogP contribution in [0.3, 0.4) is 0 Å². The first-order valence-corrected chi connectivity index (χ1v) is 27.8. The summed E-state index contributed by atoms with van der Waals surface area (Å²) in [6.07, 6.45) is 11.8. The van der Waals surface area contributed by atoms with Crippen molar-refractivity contribution in [2.75, 3.05) is 38.9 Å². The summed E-state index contributed by atoms with van der Waals surface area (Å²) in [5.74, 6) is -0.0869. The van der Waals surface area contributed by atoms with E-state index in [9.17, 15) is 18.7 Å². The predicted molar refractivity (Wildman–Crippen MR) is 284 cm³/mol. The van der Waals surface area contributed by atoms with Crippen molar-refractivity contribution >= 4 is 84.9 Å². The molecule has 76 heavy (non-hydrogen) atoms. The van der Waals surface area contributed by atoms with Crippen LogP contribution in [-0.2, 0) is 37.2 Å². The Balaban J connectivity index is 0.000000221. The number of imidazole rings is 2. The van der Waals surface area contributed by atoms with Crippen molar-refractivity contribution in [2.24, 2.45) is 11.8 Å². The summed E-state index contributed by atoms with van der Waals surface area (Å²) >= 11 is 11.9. The minimum atomic E-state index is -4.00. The molecule has 8 atom stereocenters. The number of nitrogens with one attached hydrogen (secondary N) is 2. The molecule has 28 heteroatoms. The smallest absolute Gasteiger partial charge is 0.459 e. The van der Waals surface area contributed by atoms with Crippen molar-refractivity contribution in [1.29, 1.82) is 0 Å². The molecule has 2 aromatic carbocycles. The topological polar surface area (TPSA) is 305 Å². The molecule has 0 spiro atoms. The van der Waals surface area contributed by atoms with E-state index in [1.54, 1.807) is 88.9 Å². The van der Waals surface area contributed by atoms with E-state index < -0.39 is 39.5 Å². The third-order valence-electron chi connectivity index (χ3n) is 11.3. The minimum absolute atomic E-state index is 0.0594. The Bertz CT molecular complexity index is 2940. The number of nitrogens with zero attached hydrogens (tertiary/aromatic N) is 8. The number of halogens is 2. The van der Waals surface area contributed by atoms with Gasteiger partial charge in [0.15, 0.2) is 22.3 Å². The number of nitrogens with two attached hydrogens (primary N) is 2. The second kappa shape index (κ2) is 25.2. The lowest BCUT2D eigenvalue weighted by atomic mass is 10.1. The summed E-state index contributed by atoms with van der Waals surface area (Å²) in [6, 6.07) is 10.6. The summed E-state index contributed by atoms with van der Waals surface area (Å²) < 4.78 is 75.3. The number of anilines is 2. The number of methoxy groups -OCH3 is 2. The van der Waals surface area contributed by atoms with Crippen molar-refractivity contribution < 1.29 is 55.8 Å². The molecule has 2 aliphatic carbocycles. The van der Waals surface area contributed by atoms with E-state index in [4.69, 9.17) is 71.7 Å². The zero-order valence-corrected chi connectivity index (χ0v) is 46.1. The molecule has 2 aliphatic rings. The maximum Gasteiger partial charge on any atom is 0.459 e. The fourth-order valence-electron chi connectivity index (χ4n) is 7.83. The number of benzene rings is 2. The number of aromatic nitrogens is 8. The molecule has 0 saturated heterocycles. The number of carbonyl (C=O) groups excluding carboxylic acids is 2. The number of hydrogen-bond acceptors (Lipinski definition) is 20. The highest BCUT2D eigenvalue weighted by Gasteiger charge is 2.36. The van der Waals surface area contributed by atoms with Crippen molar-refractivity contribution in [2.45, 2.75) is 90.8 Å². The quantitative estimate of drug-likeness (QED) is 0.0281. The lowest BCUT2D eigenvalue weighted by molar-refractivity contribution is -0.150. The molecule has 0 radical (unpaired) electrons. The van der Waals surface area contributed by atoms with E-state index in [1.165, 1.54) is 28.1 Å². The molecule has 4 aromatic heterocycles. The third kappa shape index (κ3) is 15.0.